The highest BCUT2D eigenvalue weighted by Gasteiger charge is 2.41. The minimum atomic E-state index is -1.95. The Hall–Kier alpha value is -1.52. The third-order valence-corrected chi connectivity index (χ3v) is 4.35. The topological polar surface area (TPSA) is 118 Å². The number of aliphatic hydroxyl groups is 1. The highest BCUT2D eigenvalue weighted by molar-refractivity contribution is 7.25. The van der Waals surface area contributed by atoms with Gasteiger partial charge in [0.2, 0.25) is 5.91 Å². The minimum absolute atomic E-state index is 0.0611. The highest BCUT2D eigenvalue weighted by atomic mass is 31.1. The van der Waals surface area contributed by atoms with Crippen LogP contribution in [0.15, 0.2) is 23.3 Å². The van der Waals surface area contributed by atoms with Crippen molar-refractivity contribution < 1.29 is 24.4 Å². The molecular formula is C16H26NO5P. The molecule has 0 aliphatic carbocycles. The van der Waals surface area contributed by atoms with Gasteiger partial charge in [-0.15, -0.1) is 0 Å². The van der Waals surface area contributed by atoms with Gasteiger partial charge in [0.15, 0.2) is 13.8 Å². The normalized spacial score (nSPS) is 15.7. The Kier molecular flexibility index (Phi) is 9.61. The van der Waals surface area contributed by atoms with Crippen LogP contribution in [0.1, 0.15) is 52.9 Å². The minimum Gasteiger partial charge on any atom is -0.481 e. The number of carboxylic acid groups (broad SMARTS) is 1. The monoisotopic (exact) mass is 343 g/mol. The van der Waals surface area contributed by atoms with Crippen LogP contribution < -0.4 is 5.73 Å². The molecule has 0 aliphatic rings. The van der Waals surface area contributed by atoms with E-state index in [-0.39, 0.29) is 19.3 Å². The second-order valence-corrected chi connectivity index (χ2v) is 6.90. The van der Waals surface area contributed by atoms with Crippen molar-refractivity contribution in [3.63, 3.8) is 0 Å². The van der Waals surface area contributed by atoms with E-state index in [0.29, 0.717) is 0 Å². The van der Waals surface area contributed by atoms with Crippen LogP contribution in [-0.2, 0) is 14.2 Å². The molecule has 0 aliphatic heterocycles. The van der Waals surface area contributed by atoms with E-state index in [1.165, 1.54) is 5.57 Å². The van der Waals surface area contributed by atoms with E-state index in [2.05, 4.69) is 6.08 Å². The molecule has 23 heavy (non-hydrogen) atoms. The maximum absolute atomic E-state index is 11.4. The molecule has 0 bridgehead atoms. The van der Waals surface area contributed by atoms with Crippen molar-refractivity contribution in [2.24, 2.45) is 11.7 Å². The van der Waals surface area contributed by atoms with Crippen molar-refractivity contribution in [1.82, 2.24) is 0 Å². The zero-order valence-corrected chi connectivity index (χ0v) is 14.8. The van der Waals surface area contributed by atoms with Crippen LogP contribution in [0.25, 0.3) is 0 Å². The van der Waals surface area contributed by atoms with Crippen LogP contribution in [0.3, 0.4) is 0 Å². The van der Waals surface area contributed by atoms with Crippen LogP contribution in [-0.4, -0.2) is 27.4 Å². The molecule has 0 radical (unpaired) electrons. The van der Waals surface area contributed by atoms with E-state index in [1.807, 2.05) is 20.8 Å². The SMILES string of the molecule is CC(C)=CCC/C(C)=C/CC(O)(P=O)C(CCC(N)=O)C(=O)O. The highest BCUT2D eigenvalue weighted by Crippen LogP contribution is 2.36. The first-order chi connectivity index (χ1) is 10.6. The fourth-order valence-corrected chi connectivity index (χ4v) is 2.63. The summed E-state index contributed by atoms with van der Waals surface area (Å²) in [5.74, 6) is -3.28. The summed E-state index contributed by atoms with van der Waals surface area (Å²) >= 11 is 0. The number of allylic oxidation sites excluding steroid dienone is 3. The lowest BCUT2D eigenvalue weighted by Gasteiger charge is -2.26. The Bertz CT molecular complexity index is 497. The molecule has 0 rings (SSSR count). The van der Waals surface area contributed by atoms with Crippen LogP contribution >= 0.6 is 8.46 Å². The van der Waals surface area contributed by atoms with Crippen molar-refractivity contribution in [2.75, 3.05) is 0 Å². The van der Waals surface area contributed by atoms with Crippen LogP contribution in [0.5, 0.6) is 0 Å². The van der Waals surface area contributed by atoms with Gasteiger partial charge < -0.3 is 15.9 Å². The molecule has 0 aromatic carbocycles. The van der Waals surface area contributed by atoms with Gasteiger partial charge >= 0.3 is 5.97 Å². The summed E-state index contributed by atoms with van der Waals surface area (Å²) in [6, 6.07) is 0. The largest absolute Gasteiger partial charge is 0.481 e. The summed E-state index contributed by atoms with van der Waals surface area (Å²) in [6.45, 7) is 5.88. The molecule has 2 atom stereocenters. The Morgan fingerprint density at radius 1 is 1.22 bits per heavy atom. The average Bonchev–Trinajstić information content (AvgIpc) is 2.44. The van der Waals surface area contributed by atoms with Crippen molar-refractivity contribution in [3.8, 4) is 0 Å². The lowest BCUT2D eigenvalue weighted by molar-refractivity contribution is -0.147. The molecule has 0 fully saturated rings. The maximum Gasteiger partial charge on any atom is 0.310 e. The number of carbonyl (C=O) groups excluding carboxylic acids is 1. The van der Waals surface area contributed by atoms with E-state index >= 15 is 0 Å². The van der Waals surface area contributed by atoms with Gasteiger partial charge in [-0.05, 0) is 40.0 Å². The number of hydrogen-bond acceptors (Lipinski definition) is 4. The molecular weight excluding hydrogens is 317 g/mol. The van der Waals surface area contributed by atoms with E-state index in [9.17, 15) is 24.4 Å². The van der Waals surface area contributed by atoms with Gasteiger partial charge in [-0.2, -0.15) is 0 Å². The molecule has 6 nitrogen and oxygen atoms in total. The van der Waals surface area contributed by atoms with Crippen molar-refractivity contribution in [1.29, 1.82) is 0 Å². The zero-order chi connectivity index (χ0) is 18.0. The van der Waals surface area contributed by atoms with E-state index < -0.39 is 31.6 Å². The van der Waals surface area contributed by atoms with Gasteiger partial charge in [-0.3, -0.25) is 14.2 Å². The third kappa shape index (κ3) is 8.62. The Labute approximate surface area is 138 Å². The quantitative estimate of drug-likeness (QED) is 0.394. The molecule has 0 aromatic rings. The molecule has 0 saturated carbocycles. The number of carbonyl (C=O) groups is 2. The molecule has 0 heterocycles. The van der Waals surface area contributed by atoms with Gasteiger partial charge in [0.1, 0.15) is 0 Å². The lowest BCUT2D eigenvalue weighted by Crippen LogP contribution is -2.38. The van der Waals surface area contributed by atoms with Gasteiger partial charge in [-0.25, -0.2) is 0 Å². The molecule has 130 valence electrons. The van der Waals surface area contributed by atoms with E-state index in [1.54, 1.807) is 6.08 Å². The standard InChI is InChI=1S/C16H26NO5P/c1-11(2)5-4-6-12(3)9-10-16(21,23-22)13(15(19)20)7-8-14(17)18/h5,9,13,21H,4,6-8,10H2,1-3H3,(H2,17,18)(H,19,20)/b12-9+. The van der Waals surface area contributed by atoms with Crippen LogP contribution in [0.4, 0.5) is 0 Å². The van der Waals surface area contributed by atoms with E-state index in [0.717, 1.165) is 18.4 Å². The predicted molar refractivity (Wildman–Crippen MR) is 89.1 cm³/mol. The first-order valence-corrected chi connectivity index (χ1v) is 8.30. The number of amides is 1. The lowest BCUT2D eigenvalue weighted by atomic mass is 9.92. The molecule has 4 N–H and O–H groups in total. The molecule has 7 heteroatoms. The maximum atomic E-state index is 11.4. The van der Waals surface area contributed by atoms with Crippen LogP contribution in [0, 0.1) is 5.92 Å². The first-order valence-electron chi connectivity index (χ1n) is 7.49. The summed E-state index contributed by atoms with van der Waals surface area (Å²) < 4.78 is 11.4. The summed E-state index contributed by atoms with van der Waals surface area (Å²) in [4.78, 5) is 22.2. The molecule has 0 saturated heterocycles. The Morgan fingerprint density at radius 2 is 1.83 bits per heavy atom. The van der Waals surface area contributed by atoms with Crippen molar-refractivity contribution in [3.05, 3.63) is 23.3 Å². The third-order valence-electron chi connectivity index (χ3n) is 3.54. The summed E-state index contributed by atoms with van der Waals surface area (Å²) in [6.07, 6.45) is 5.01. The summed E-state index contributed by atoms with van der Waals surface area (Å²) in [5, 5.41) is 17.7. The van der Waals surface area contributed by atoms with Crippen molar-refractivity contribution >= 4 is 20.3 Å². The predicted octanol–water partition coefficient (Wildman–Crippen LogP) is 3.02. The van der Waals surface area contributed by atoms with Gasteiger partial charge in [-0.1, -0.05) is 23.3 Å². The second kappa shape index (κ2) is 10.3. The molecule has 2 unspecified atom stereocenters. The number of aliphatic carboxylic acids is 1. The average molecular weight is 343 g/mol. The first kappa shape index (κ1) is 21.5. The molecule has 0 aromatic heterocycles. The van der Waals surface area contributed by atoms with Crippen LogP contribution in [0.2, 0.25) is 0 Å². The summed E-state index contributed by atoms with van der Waals surface area (Å²) in [5.41, 5.74) is 7.20. The fraction of sp³-hybridized carbons (Fsp3) is 0.625. The smallest absolute Gasteiger partial charge is 0.310 e. The van der Waals surface area contributed by atoms with Gasteiger partial charge in [0, 0.05) is 12.8 Å². The number of primary amides is 1. The van der Waals surface area contributed by atoms with E-state index in [4.69, 9.17) is 5.73 Å². The molecule has 0 spiro atoms. The Morgan fingerprint density at radius 3 is 2.26 bits per heavy atom. The number of hydrogen-bond donors (Lipinski definition) is 3. The van der Waals surface area contributed by atoms with Gasteiger partial charge in [0.25, 0.3) is 0 Å². The Balaban J connectivity index is 4.96. The molecule has 1 amide bonds. The zero-order valence-electron chi connectivity index (χ0n) is 13.9. The van der Waals surface area contributed by atoms with Crippen molar-refractivity contribution in [2.45, 2.75) is 58.2 Å². The fourth-order valence-electron chi connectivity index (χ4n) is 2.10. The van der Waals surface area contributed by atoms with Gasteiger partial charge in [0.05, 0.1) is 5.92 Å². The number of carboxylic acids is 1. The number of rotatable bonds is 11. The second-order valence-electron chi connectivity index (χ2n) is 5.94. The number of nitrogens with two attached hydrogens (primary N) is 1. The summed E-state index contributed by atoms with van der Waals surface area (Å²) in [7, 11) is -0.680.